The number of rotatable bonds is 2. The van der Waals surface area contributed by atoms with Gasteiger partial charge in [0, 0.05) is 12.7 Å². The van der Waals surface area contributed by atoms with E-state index in [2.05, 4.69) is 10.3 Å². The van der Waals surface area contributed by atoms with E-state index in [1.165, 1.54) is 0 Å². The molecule has 0 bridgehead atoms. The van der Waals surface area contributed by atoms with Gasteiger partial charge >= 0.3 is 0 Å². The number of aromatic nitrogens is 3. The summed E-state index contributed by atoms with van der Waals surface area (Å²) in [5, 5.41) is 7.42. The first-order chi connectivity index (χ1) is 4.34. The van der Waals surface area contributed by atoms with Crippen molar-refractivity contribution in [2.45, 2.75) is 13.0 Å². The fraction of sp³-hybridized carbons (Fsp3) is 0.600. The summed E-state index contributed by atoms with van der Waals surface area (Å²) in [6.45, 7) is 2.60. The lowest BCUT2D eigenvalue weighted by Crippen LogP contribution is -2.16. The van der Waals surface area contributed by atoms with Crippen LogP contribution in [0.5, 0.6) is 0 Å². The Balaban J connectivity index is 0. The van der Waals surface area contributed by atoms with Gasteiger partial charge in [-0.2, -0.15) is 0 Å². The SMILES string of the molecule is C[C@@H](CN)n1ccnn1.Cl.Cl. The molecule has 0 spiro atoms. The molecule has 1 rings (SSSR count). The standard InChI is InChI=1S/C5H10N4.2ClH/c1-5(4-6)9-3-2-7-8-9;;/h2-3,5H,4,6H2,1H3;2*1H/t5-;;/m0../s1. The largest absolute Gasteiger partial charge is 0.328 e. The summed E-state index contributed by atoms with van der Waals surface area (Å²) in [6.07, 6.45) is 3.45. The topological polar surface area (TPSA) is 56.7 Å². The molecule has 0 saturated carbocycles. The van der Waals surface area contributed by atoms with Crippen LogP contribution in [0.15, 0.2) is 12.4 Å². The summed E-state index contributed by atoms with van der Waals surface area (Å²) < 4.78 is 1.74. The van der Waals surface area contributed by atoms with Crippen LogP contribution in [0.25, 0.3) is 0 Å². The molecule has 11 heavy (non-hydrogen) atoms. The Hall–Kier alpha value is -0.320. The molecule has 1 aromatic rings. The second kappa shape index (κ2) is 6.39. The average molecular weight is 199 g/mol. The molecule has 0 aromatic carbocycles. The summed E-state index contributed by atoms with van der Waals surface area (Å²) in [5.74, 6) is 0. The van der Waals surface area contributed by atoms with Gasteiger partial charge in [-0.15, -0.1) is 29.9 Å². The van der Waals surface area contributed by atoms with E-state index in [9.17, 15) is 0 Å². The van der Waals surface area contributed by atoms with E-state index < -0.39 is 0 Å². The molecule has 1 heterocycles. The average Bonchev–Trinajstić information content (AvgIpc) is 2.37. The fourth-order valence-corrected chi connectivity index (χ4v) is 0.560. The van der Waals surface area contributed by atoms with Crippen molar-refractivity contribution in [1.29, 1.82) is 0 Å². The number of halogens is 2. The molecule has 0 fully saturated rings. The molecule has 0 aliphatic rings. The Morgan fingerprint density at radius 1 is 1.55 bits per heavy atom. The zero-order valence-electron chi connectivity index (χ0n) is 6.17. The quantitative estimate of drug-likeness (QED) is 0.760. The smallest absolute Gasteiger partial charge is 0.0693 e. The van der Waals surface area contributed by atoms with E-state index >= 15 is 0 Å². The maximum absolute atomic E-state index is 5.37. The number of hydrogen-bond donors (Lipinski definition) is 1. The van der Waals surface area contributed by atoms with Crippen molar-refractivity contribution in [1.82, 2.24) is 15.0 Å². The van der Waals surface area contributed by atoms with Gasteiger partial charge in [0.2, 0.25) is 0 Å². The Morgan fingerprint density at radius 3 is 2.55 bits per heavy atom. The maximum atomic E-state index is 5.37. The van der Waals surface area contributed by atoms with Crippen LogP contribution < -0.4 is 5.73 Å². The predicted octanol–water partition coefficient (Wildman–Crippen LogP) is 0.641. The van der Waals surface area contributed by atoms with Crippen molar-refractivity contribution in [2.24, 2.45) is 5.73 Å². The molecule has 0 aliphatic heterocycles. The molecule has 0 saturated heterocycles. The summed E-state index contributed by atoms with van der Waals surface area (Å²) in [7, 11) is 0. The van der Waals surface area contributed by atoms with Crippen LogP contribution in [0.2, 0.25) is 0 Å². The van der Waals surface area contributed by atoms with Gasteiger partial charge in [0.25, 0.3) is 0 Å². The van der Waals surface area contributed by atoms with Crippen LogP contribution in [0.1, 0.15) is 13.0 Å². The van der Waals surface area contributed by atoms with Crippen LogP contribution in [-0.2, 0) is 0 Å². The minimum absolute atomic E-state index is 0. The van der Waals surface area contributed by atoms with Crippen LogP contribution in [0.4, 0.5) is 0 Å². The van der Waals surface area contributed by atoms with Gasteiger partial charge in [0.15, 0.2) is 0 Å². The van der Waals surface area contributed by atoms with Crippen molar-refractivity contribution in [2.75, 3.05) is 6.54 Å². The van der Waals surface area contributed by atoms with Gasteiger partial charge in [-0.1, -0.05) is 5.21 Å². The lowest BCUT2D eigenvalue weighted by atomic mass is 10.4. The van der Waals surface area contributed by atoms with Gasteiger partial charge in [-0.3, -0.25) is 0 Å². The van der Waals surface area contributed by atoms with Crippen LogP contribution in [0.3, 0.4) is 0 Å². The van der Waals surface area contributed by atoms with E-state index in [1.54, 1.807) is 17.1 Å². The Morgan fingerprint density at radius 2 is 2.18 bits per heavy atom. The summed E-state index contributed by atoms with van der Waals surface area (Å²) in [5.41, 5.74) is 5.37. The molecular formula is C5H12Cl2N4. The van der Waals surface area contributed by atoms with E-state index in [0.29, 0.717) is 6.54 Å². The minimum atomic E-state index is 0. The zero-order chi connectivity index (χ0) is 6.69. The van der Waals surface area contributed by atoms with Crippen molar-refractivity contribution < 1.29 is 0 Å². The van der Waals surface area contributed by atoms with Gasteiger partial charge in [-0.05, 0) is 6.92 Å². The number of nitrogens with zero attached hydrogens (tertiary/aromatic N) is 3. The van der Waals surface area contributed by atoms with Crippen LogP contribution >= 0.6 is 24.8 Å². The third kappa shape index (κ3) is 3.55. The third-order valence-electron chi connectivity index (χ3n) is 1.23. The van der Waals surface area contributed by atoms with Gasteiger partial charge in [0.1, 0.15) is 0 Å². The Kier molecular flexibility index (Phi) is 7.72. The van der Waals surface area contributed by atoms with E-state index in [-0.39, 0.29) is 30.9 Å². The normalized spacial score (nSPS) is 11.1. The molecule has 0 aliphatic carbocycles. The van der Waals surface area contributed by atoms with E-state index in [4.69, 9.17) is 5.73 Å². The van der Waals surface area contributed by atoms with Crippen LogP contribution in [0, 0.1) is 0 Å². The lowest BCUT2D eigenvalue weighted by Gasteiger charge is -2.05. The molecule has 4 nitrogen and oxygen atoms in total. The highest BCUT2D eigenvalue weighted by Gasteiger charge is 1.99. The molecule has 0 amide bonds. The molecule has 2 N–H and O–H groups in total. The first kappa shape index (κ1) is 13.3. The minimum Gasteiger partial charge on any atom is -0.328 e. The van der Waals surface area contributed by atoms with Gasteiger partial charge < -0.3 is 5.73 Å². The summed E-state index contributed by atoms with van der Waals surface area (Å²) in [6, 6.07) is 0.257. The molecule has 0 radical (unpaired) electrons. The van der Waals surface area contributed by atoms with Gasteiger partial charge in [-0.25, -0.2) is 4.68 Å². The molecule has 1 atom stereocenters. The highest BCUT2D eigenvalue weighted by Crippen LogP contribution is 1.96. The molecular weight excluding hydrogens is 187 g/mol. The molecule has 0 unspecified atom stereocenters. The van der Waals surface area contributed by atoms with E-state index in [1.807, 2.05) is 6.92 Å². The van der Waals surface area contributed by atoms with Crippen molar-refractivity contribution in [3.63, 3.8) is 0 Å². The Labute approximate surface area is 78.0 Å². The first-order valence-electron chi connectivity index (χ1n) is 2.90. The highest BCUT2D eigenvalue weighted by atomic mass is 35.5. The molecule has 6 heteroatoms. The van der Waals surface area contributed by atoms with E-state index in [0.717, 1.165) is 0 Å². The predicted molar refractivity (Wildman–Crippen MR) is 48.3 cm³/mol. The monoisotopic (exact) mass is 198 g/mol. The summed E-state index contributed by atoms with van der Waals surface area (Å²) in [4.78, 5) is 0. The summed E-state index contributed by atoms with van der Waals surface area (Å²) >= 11 is 0. The second-order valence-electron chi connectivity index (χ2n) is 1.97. The van der Waals surface area contributed by atoms with Crippen molar-refractivity contribution in [3.05, 3.63) is 12.4 Å². The Bertz CT molecular complexity index is 165. The number of hydrogen-bond acceptors (Lipinski definition) is 3. The second-order valence-corrected chi connectivity index (χ2v) is 1.97. The lowest BCUT2D eigenvalue weighted by molar-refractivity contribution is 0.485. The first-order valence-corrected chi connectivity index (χ1v) is 2.90. The highest BCUT2D eigenvalue weighted by molar-refractivity contribution is 5.85. The third-order valence-corrected chi connectivity index (χ3v) is 1.23. The van der Waals surface area contributed by atoms with Gasteiger partial charge in [0.05, 0.1) is 12.2 Å². The zero-order valence-corrected chi connectivity index (χ0v) is 7.81. The molecule has 1 aromatic heterocycles. The van der Waals surface area contributed by atoms with Crippen LogP contribution in [-0.4, -0.2) is 21.5 Å². The van der Waals surface area contributed by atoms with Crippen molar-refractivity contribution in [3.8, 4) is 0 Å². The molecule has 66 valence electrons. The number of nitrogens with two attached hydrogens (primary N) is 1. The fourth-order valence-electron chi connectivity index (χ4n) is 0.560. The van der Waals surface area contributed by atoms with Crippen molar-refractivity contribution >= 4 is 24.8 Å². The maximum Gasteiger partial charge on any atom is 0.0693 e.